The summed E-state index contributed by atoms with van der Waals surface area (Å²) in [5.74, 6) is -0.486. The second kappa shape index (κ2) is 5.59. The number of pyridine rings is 1. The van der Waals surface area contributed by atoms with Crippen LogP contribution in [-0.2, 0) is 4.74 Å². The van der Waals surface area contributed by atoms with Crippen LogP contribution in [0.25, 0.3) is 22.4 Å². The van der Waals surface area contributed by atoms with Gasteiger partial charge in [0.15, 0.2) is 0 Å². The molecule has 0 unspecified atom stereocenters. The Morgan fingerprint density at radius 3 is 2.68 bits per heavy atom. The Kier molecular flexibility index (Phi) is 3.76. The van der Waals surface area contributed by atoms with Crippen molar-refractivity contribution >= 4 is 40.3 Å². The zero-order chi connectivity index (χ0) is 15.9. The molecule has 0 atom stereocenters. The standard InChI is InChI=1S/C15H10Cl2N2O3/c1-7-13-9(15(20)21-2)6-12(18-14(13)22-19-7)8-3-4-10(16)11(17)5-8/h3-6H,1-2H3. The third-order valence-corrected chi connectivity index (χ3v) is 3.98. The van der Waals surface area contributed by atoms with Gasteiger partial charge in [-0.2, -0.15) is 0 Å². The van der Waals surface area contributed by atoms with Gasteiger partial charge in [0.05, 0.1) is 39.5 Å². The third-order valence-electron chi connectivity index (χ3n) is 3.24. The number of methoxy groups -OCH3 is 1. The molecule has 112 valence electrons. The van der Waals surface area contributed by atoms with Crippen molar-refractivity contribution in [1.29, 1.82) is 0 Å². The number of rotatable bonds is 2. The quantitative estimate of drug-likeness (QED) is 0.653. The normalized spacial score (nSPS) is 10.9. The molecule has 7 heteroatoms. The highest BCUT2D eigenvalue weighted by Crippen LogP contribution is 2.31. The van der Waals surface area contributed by atoms with Crippen LogP contribution in [-0.4, -0.2) is 23.2 Å². The molecule has 0 spiro atoms. The van der Waals surface area contributed by atoms with Gasteiger partial charge >= 0.3 is 5.97 Å². The molecule has 0 amide bonds. The first kappa shape index (κ1) is 14.8. The molecule has 0 aliphatic rings. The van der Waals surface area contributed by atoms with Gasteiger partial charge in [-0.15, -0.1) is 0 Å². The van der Waals surface area contributed by atoms with Crippen LogP contribution in [0.15, 0.2) is 28.8 Å². The molecule has 22 heavy (non-hydrogen) atoms. The number of hydrogen-bond acceptors (Lipinski definition) is 5. The first-order valence-corrected chi connectivity index (χ1v) is 7.07. The van der Waals surface area contributed by atoms with Crippen LogP contribution in [0.5, 0.6) is 0 Å². The summed E-state index contributed by atoms with van der Waals surface area (Å²) in [6.07, 6.45) is 0. The van der Waals surface area contributed by atoms with E-state index in [4.69, 9.17) is 32.5 Å². The van der Waals surface area contributed by atoms with E-state index < -0.39 is 5.97 Å². The minimum Gasteiger partial charge on any atom is -0.465 e. The van der Waals surface area contributed by atoms with Gasteiger partial charge in [0.25, 0.3) is 5.71 Å². The Labute approximate surface area is 135 Å². The Morgan fingerprint density at radius 2 is 2.00 bits per heavy atom. The fourth-order valence-electron chi connectivity index (χ4n) is 2.17. The van der Waals surface area contributed by atoms with Crippen LogP contribution in [0.3, 0.4) is 0 Å². The minimum atomic E-state index is -0.486. The van der Waals surface area contributed by atoms with Crippen molar-refractivity contribution in [3.8, 4) is 11.3 Å². The molecule has 0 aliphatic carbocycles. The van der Waals surface area contributed by atoms with Crippen molar-refractivity contribution in [3.05, 3.63) is 45.6 Å². The van der Waals surface area contributed by atoms with Gasteiger partial charge < -0.3 is 9.26 Å². The maximum absolute atomic E-state index is 12.0. The molecule has 0 aliphatic heterocycles. The molecule has 0 saturated carbocycles. The fraction of sp³-hybridized carbons (Fsp3) is 0.133. The second-order valence-corrected chi connectivity index (χ2v) is 5.44. The lowest BCUT2D eigenvalue weighted by atomic mass is 10.1. The maximum Gasteiger partial charge on any atom is 0.338 e. The van der Waals surface area contributed by atoms with Gasteiger partial charge in [0, 0.05) is 5.56 Å². The molecule has 2 aromatic heterocycles. The van der Waals surface area contributed by atoms with Crippen molar-refractivity contribution in [2.75, 3.05) is 7.11 Å². The van der Waals surface area contributed by atoms with E-state index in [-0.39, 0.29) is 5.71 Å². The van der Waals surface area contributed by atoms with E-state index in [2.05, 4.69) is 10.1 Å². The molecule has 0 saturated heterocycles. The van der Waals surface area contributed by atoms with E-state index in [1.165, 1.54) is 7.11 Å². The topological polar surface area (TPSA) is 65.2 Å². The summed E-state index contributed by atoms with van der Waals surface area (Å²) in [5.41, 5.74) is 2.40. The average Bonchev–Trinajstić information content (AvgIpc) is 2.90. The van der Waals surface area contributed by atoms with Crippen LogP contribution in [0.4, 0.5) is 0 Å². The van der Waals surface area contributed by atoms with Crippen molar-refractivity contribution in [1.82, 2.24) is 10.1 Å². The molecule has 3 aromatic rings. The van der Waals surface area contributed by atoms with Crippen molar-refractivity contribution in [2.45, 2.75) is 6.92 Å². The average molecular weight is 337 g/mol. The Hall–Kier alpha value is -2.11. The number of nitrogens with zero attached hydrogens (tertiary/aromatic N) is 2. The number of benzene rings is 1. The molecular weight excluding hydrogens is 327 g/mol. The van der Waals surface area contributed by atoms with Gasteiger partial charge in [-0.05, 0) is 25.1 Å². The van der Waals surface area contributed by atoms with E-state index >= 15 is 0 Å². The van der Waals surface area contributed by atoms with Gasteiger partial charge in [-0.3, -0.25) is 0 Å². The summed E-state index contributed by atoms with van der Waals surface area (Å²) in [4.78, 5) is 16.4. The summed E-state index contributed by atoms with van der Waals surface area (Å²) in [7, 11) is 1.32. The number of aryl methyl sites for hydroxylation is 1. The first-order valence-electron chi connectivity index (χ1n) is 6.32. The predicted octanol–water partition coefficient (Wildman–Crippen LogP) is 4.29. The Bertz CT molecular complexity index is 890. The SMILES string of the molecule is COC(=O)c1cc(-c2ccc(Cl)c(Cl)c2)nc2onc(C)c12. The minimum absolute atomic E-state index is 0.265. The van der Waals surface area contributed by atoms with Gasteiger partial charge in [0.2, 0.25) is 0 Å². The number of carbonyl (C=O) groups excluding carboxylic acids is 1. The second-order valence-electron chi connectivity index (χ2n) is 4.62. The van der Waals surface area contributed by atoms with Crippen LogP contribution in [0.1, 0.15) is 16.1 Å². The number of esters is 1. The third kappa shape index (κ3) is 2.42. The number of hydrogen-bond donors (Lipinski definition) is 0. The largest absolute Gasteiger partial charge is 0.465 e. The van der Waals surface area contributed by atoms with Crippen LogP contribution in [0, 0.1) is 6.92 Å². The smallest absolute Gasteiger partial charge is 0.338 e. The van der Waals surface area contributed by atoms with Crippen LogP contribution in [0.2, 0.25) is 10.0 Å². The number of aromatic nitrogens is 2. The molecule has 0 N–H and O–H groups in total. The van der Waals surface area contributed by atoms with E-state index in [9.17, 15) is 4.79 Å². The van der Waals surface area contributed by atoms with Crippen molar-refractivity contribution < 1.29 is 14.1 Å². The summed E-state index contributed by atoms with van der Waals surface area (Å²) < 4.78 is 9.99. The molecule has 0 bridgehead atoms. The van der Waals surface area contributed by atoms with E-state index in [0.29, 0.717) is 37.9 Å². The van der Waals surface area contributed by atoms with Gasteiger partial charge in [0.1, 0.15) is 0 Å². The van der Waals surface area contributed by atoms with Crippen LogP contribution >= 0.6 is 23.2 Å². The van der Waals surface area contributed by atoms with E-state index in [1.807, 2.05) is 0 Å². The summed E-state index contributed by atoms with van der Waals surface area (Å²) in [6.45, 7) is 1.73. The van der Waals surface area contributed by atoms with E-state index in [0.717, 1.165) is 0 Å². The lowest BCUT2D eigenvalue weighted by molar-refractivity contribution is 0.0603. The summed E-state index contributed by atoms with van der Waals surface area (Å²) in [5, 5.41) is 5.22. The number of carbonyl (C=O) groups is 1. The Morgan fingerprint density at radius 1 is 1.23 bits per heavy atom. The zero-order valence-electron chi connectivity index (χ0n) is 11.7. The van der Waals surface area contributed by atoms with Crippen molar-refractivity contribution in [2.24, 2.45) is 0 Å². The number of fused-ring (bicyclic) bond motifs is 1. The maximum atomic E-state index is 12.0. The number of halogens is 2. The molecule has 5 nitrogen and oxygen atoms in total. The summed E-state index contributed by atoms with van der Waals surface area (Å²) >= 11 is 11.9. The zero-order valence-corrected chi connectivity index (χ0v) is 13.2. The van der Waals surface area contributed by atoms with Gasteiger partial charge in [-0.1, -0.05) is 34.4 Å². The Balaban J connectivity index is 2.27. The highest BCUT2D eigenvalue weighted by molar-refractivity contribution is 6.42. The molecule has 0 radical (unpaired) electrons. The molecule has 2 heterocycles. The lowest BCUT2D eigenvalue weighted by Crippen LogP contribution is -2.03. The van der Waals surface area contributed by atoms with Crippen molar-refractivity contribution in [3.63, 3.8) is 0 Å². The molecule has 1 aromatic carbocycles. The molecular formula is C15H10Cl2N2O3. The van der Waals surface area contributed by atoms with Gasteiger partial charge in [-0.25, -0.2) is 9.78 Å². The first-order chi connectivity index (χ1) is 10.5. The fourth-order valence-corrected chi connectivity index (χ4v) is 2.47. The highest BCUT2D eigenvalue weighted by atomic mass is 35.5. The predicted molar refractivity (Wildman–Crippen MR) is 83.3 cm³/mol. The van der Waals surface area contributed by atoms with E-state index in [1.54, 1.807) is 31.2 Å². The highest BCUT2D eigenvalue weighted by Gasteiger charge is 2.19. The number of ether oxygens (including phenoxy) is 1. The van der Waals surface area contributed by atoms with Crippen LogP contribution < -0.4 is 0 Å². The molecule has 0 fully saturated rings. The summed E-state index contributed by atoms with van der Waals surface area (Å²) in [6, 6.07) is 6.71. The molecule has 3 rings (SSSR count). The monoisotopic (exact) mass is 336 g/mol. The lowest BCUT2D eigenvalue weighted by Gasteiger charge is -2.06.